The summed E-state index contributed by atoms with van der Waals surface area (Å²) in [6.07, 6.45) is 6.29. The highest BCUT2D eigenvalue weighted by molar-refractivity contribution is 5.93. The molecule has 0 saturated carbocycles. The number of aromatic nitrogens is 2. The van der Waals surface area contributed by atoms with Crippen molar-refractivity contribution in [3.63, 3.8) is 0 Å². The summed E-state index contributed by atoms with van der Waals surface area (Å²) in [5, 5.41) is 24.6. The number of nitrogens with zero attached hydrogens (tertiary/aromatic N) is 4. The van der Waals surface area contributed by atoms with Gasteiger partial charge in [0.25, 0.3) is 0 Å². The van der Waals surface area contributed by atoms with Crippen LogP contribution in [-0.2, 0) is 4.84 Å². The molecule has 2 aromatic rings. The fraction of sp³-hybridized carbons (Fsp3) is 0.700. The molecule has 2 atom stereocenters. The summed E-state index contributed by atoms with van der Waals surface area (Å²) >= 11 is 0. The topological polar surface area (TPSA) is 107 Å². The van der Waals surface area contributed by atoms with E-state index in [0.717, 1.165) is 25.7 Å². The highest BCUT2D eigenvalue weighted by atomic mass is 16.7. The number of hydrogen-bond acceptors (Lipinski definition) is 8. The molecule has 160 valence electrons. The minimum absolute atomic E-state index is 0.106. The van der Waals surface area contributed by atoms with Crippen LogP contribution in [0.4, 0.5) is 11.4 Å². The van der Waals surface area contributed by atoms with Crippen LogP contribution in [0.1, 0.15) is 66.2 Å². The van der Waals surface area contributed by atoms with Gasteiger partial charge in [0.1, 0.15) is 0 Å². The van der Waals surface area contributed by atoms with Crippen molar-refractivity contribution in [2.24, 2.45) is 0 Å². The van der Waals surface area contributed by atoms with Gasteiger partial charge in [0, 0.05) is 23.2 Å². The van der Waals surface area contributed by atoms with E-state index in [0.29, 0.717) is 11.2 Å². The van der Waals surface area contributed by atoms with E-state index in [1.165, 1.54) is 18.9 Å². The molecule has 0 amide bonds. The van der Waals surface area contributed by atoms with E-state index < -0.39 is 4.92 Å². The van der Waals surface area contributed by atoms with E-state index in [9.17, 15) is 10.1 Å². The lowest BCUT2D eigenvalue weighted by molar-refractivity contribution is -0.383. The van der Waals surface area contributed by atoms with Crippen LogP contribution in [0, 0.1) is 10.1 Å². The van der Waals surface area contributed by atoms with E-state index >= 15 is 0 Å². The van der Waals surface area contributed by atoms with Gasteiger partial charge in [0.2, 0.25) is 5.52 Å². The third kappa shape index (κ3) is 4.20. The Balaban J connectivity index is 1.88. The Bertz CT molecular complexity index is 868. The number of hydroxylamine groups is 2. The first kappa shape index (κ1) is 21.4. The molecule has 0 spiro atoms. The summed E-state index contributed by atoms with van der Waals surface area (Å²) in [6, 6.07) is 3.30. The summed E-state index contributed by atoms with van der Waals surface area (Å²) in [5.41, 5.74) is 0.858. The molecule has 9 heteroatoms. The number of benzene rings is 1. The highest BCUT2D eigenvalue weighted by Gasteiger charge is 2.48. The zero-order valence-corrected chi connectivity index (χ0v) is 17.9. The molecule has 1 aliphatic rings. The molecule has 9 nitrogen and oxygen atoms in total. The fourth-order valence-corrected chi connectivity index (χ4v) is 4.97. The maximum absolute atomic E-state index is 11.2. The van der Waals surface area contributed by atoms with Crippen LogP contribution in [0.2, 0.25) is 0 Å². The molecule has 29 heavy (non-hydrogen) atoms. The minimum atomic E-state index is -0.471. The molecule has 0 radical (unpaired) electrons. The quantitative estimate of drug-likeness (QED) is 0.383. The summed E-state index contributed by atoms with van der Waals surface area (Å²) in [6.45, 7) is 8.83. The van der Waals surface area contributed by atoms with Crippen molar-refractivity contribution < 1.29 is 14.4 Å². The van der Waals surface area contributed by atoms with Crippen molar-refractivity contribution in [1.29, 1.82) is 0 Å². The lowest BCUT2D eigenvalue weighted by atomic mass is 9.75. The molecule has 2 heterocycles. The Morgan fingerprint density at radius 3 is 2.66 bits per heavy atom. The summed E-state index contributed by atoms with van der Waals surface area (Å²) < 4.78 is 4.79. The van der Waals surface area contributed by atoms with Crippen LogP contribution < -0.4 is 5.32 Å². The fourth-order valence-electron chi connectivity index (χ4n) is 4.97. The minimum Gasteiger partial charge on any atom is -0.380 e. The largest absolute Gasteiger partial charge is 0.380 e. The average molecular weight is 405 g/mol. The van der Waals surface area contributed by atoms with E-state index in [1.807, 2.05) is 0 Å². The van der Waals surface area contributed by atoms with Gasteiger partial charge in [0.15, 0.2) is 5.52 Å². The van der Waals surface area contributed by atoms with Crippen LogP contribution >= 0.6 is 0 Å². The molecule has 1 N–H and O–H groups in total. The van der Waals surface area contributed by atoms with Gasteiger partial charge in [-0.05, 0) is 56.4 Å². The van der Waals surface area contributed by atoms with Gasteiger partial charge in [-0.2, -0.15) is 5.06 Å². The van der Waals surface area contributed by atoms with Crippen LogP contribution in [0.15, 0.2) is 16.8 Å². The van der Waals surface area contributed by atoms with Crippen LogP contribution in [0.25, 0.3) is 11.0 Å². The number of rotatable bonds is 8. The molecule has 0 aliphatic carbocycles. The number of fused-ring (bicyclic) bond motifs is 1. The number of nitrogens with one attached hydrogen (secondary N) is 1. The second kappa shape index (κ2) is 8.23. The second-order valence-electron chi connectivity index (χ2n) is 8.84. The van der Waals surface area contributed by atoms with Gasteiger partial charge >= 0.3 is 5.69 Å². The molecule has 1 saturated heterocycles. The Morgan fingerprint density at radius 1 is 1.28 bits per heavy atom. The van der Waals surface area contributed by atoms with Gasteiger partial charge in [-0.3, -0.25) is 10.1 Å². The number of hydrogen-bond donors (Lipinski definition) is 1. The second-order valence-corrected chi connectivity index (χ2v) is 8.84. The lowest BCUT2D eigenvalue weighted by Gasteiger charge is -2.55. The first-order chi connectivity index (χ1) is 13.7. The molecule has 1 aromatic carbocycles. The normalized spacial score (nSPS) is 24.7. The van der Waals surface area contributed by atoms with E-state index in [4.69, 9.17) is 9.47 Å². The zero-order chi connectivity index (χ0) is 21.2. The smallest absolute Gasteiger partial charge is 0.300 e. The average Bonchev–Trinajstić information content (AvgIpc) is 3.11. The monoisotopic (exact) mass is 405 g/mol. The first-order valence-electron chi connectivity index (χ1n) is 10.2. The van der Waals surface area contributed by atoms with Crippen LogP contribution in [-0.4, -0.2) is 44.5 Å². The van der Waals surface area contributed by atoms with E-state index in [2.05, 4.69) is 48.4 Å². The molecule has 0 bridgehead atoms. The number of anilines is 1. The Kier molecular flexibility index (Phi) is 6.09. The van der Waals surface area contributed by atoms with Crippen molar-refractivity contribution in [3.8, 4) is 0 Å². The molecule has 3 rings (SSSR count). The third-order valence-electron chi connectivity index (χ3n) is 5.92. The summed E-state index contributed by atoms with van der Waals surface area (Å²) in [7, 11) is 1.74. The van der Waals surface area contributed by atoms with Gasteiger partial charge in [-0.1, -0.05) is 26.2 Å². The summed E-state index contributed by atoms with van der Waals surface area (Å²) in [4.78, 5) is 16.6. The Hall–Kier alpha value is -2.26. The van der Waals surface area contributed by atoms with Gasteiger partial charge in [0.05, 0.1) is 17.7 Å². The van der Waals surface area contributed by atoms with Crippen molar-refractivity contribution in [3.05, 3.63) is 22.2 Å². The molecular weight excluding hydrogens is 374 g/mol. The van der Waals surface area contributed by atoms with Crippen molar-refractivity contribution in [2.45, 2.75) is 83.3 Å². The van der Waals surface area contributed by atoms with Gasteiger partial charge < -0.3 is 10.2 Å². The van der Waals surface area contributed by atoms with Crippen LogP contribution in [0.3, 0.4) is 0 Å². The lowest BCUT2D eigenvalue weighted by Crippen LogP contribution is -2.63. The van der Waals surface area contributed by atoms with Crippen LogP contribution in [0.5, 0.6) is 0 Å². The summed E-state index contributed by atoms with van der Waals surface area (Å²) in [5.74, 6) is 0. The molecule has 1 fully saturated rings. The number of nitro benzene ring substituents is 1. The molecular formula is C20H31N5O4. The number of non-ortho nitro benzene ring substituents is 1. The predicted molar refractivity (Wildman–Crippen MR) is 111 cm³/mol. The van der Waals surface area contributed by atoms with E-state index in [-0.39, 0.29) is 28.3 Å². The van der Waals surface area contributed by atoms with Crippen molar-refractivity contribution in [1.82, 2.24) is 15.4 Å². The maximum Gasteiger partial charge on any atom is 0.300 e. The number of nitro groups is 1. The highest BCUT2D eigenvalue weighted by Crippen LogP contribution is 2.43. The maximum atomic E-state index is 11.2. The third-order valence-corrected chi connectivity index (χ3v) is 5.92. The standard InChI is InChI=1S/C20H31N5O4/c1-6-7-8-11-20(4)13-14(12-19(2,3)25(20)28-5)21-15-9-10-16(24(26)27)18-17(15)22-29-23-18/h9-10,14,21H,6-8,11-13H2,1-5H3. The molecule has 1 aromatic heterocycles. The SMILES string of the molecule is CCCCCC1(C)CC(Nc2ccc([N+](=O)[O-])c3nonc23)CC(C)(C)N1OC. The molecule has 1 aliphatic heterocycles. The Morgan fingerprint density at radius 2 is 2.00 bits per heavy atom. The molecule has 2 unspecified atom stereocenters. The predicted octanol–water partition coefficient (Wildman–Crippen LogP) is 4.69. The zero-order valence-electron chi connectivity index (χ0n) is 17.9. The number of unbranched alkanes of at least 4 members (excludes halogenated alkanes) is 2. The Labute approximate surface area is 170 Å². The first-order valence-corrected chi connectivity index (χ1v) is 10.2. The van der Waals surface area contributed by atoms with E-state index in [1.54, 1.807) is 13.2 Å². The van der Waals surface area contributed by atoms with Gasteiger partial charge in [-0.25, -0.2) is 4.63 Å². The van der Waals surface area contributed by atoms with Crippen molar-refractivity contribution >= 4 is 22.4 Å². The number of piperidine rings is 1. The van der Waals surface area contributed by atoms with Gasteiger partial charge in [-0.15, -0.1) is 0 Å². The van der Waals surface area contributed by atoms with Crippen molar-refractivity contribution in [2.75, 3.05) is 12.4 Å².